The van der Waals surface area contributed by atoms with Gasteiger partial charge in [0.15, 0.2) is 0 Å². The summed E-state index contributed by atoms with van der Waals surface area (Å²) in [5, 5.41) is 23.7. The van der Waals surface area contributed by atoms with Gasteiger partial charge in [0.05, 0.1) is 25.2 Å². The van der Waals surface area contributed by atoms with Crippen molar-refractivity contribution in [2.24, 2.45) is 0 Å². The third-order valence-electron chi connectivity index (χ3n) is 11.5. The first-order valence-corrected chi connectivity index (χ1v) is 25.1. The van der Waals surface area contributed by atoms with E-state index in [9.17, 15) is 19.8 Å². The molecule has 0 fully saturated rings. The lowest BCUT2D eigenvalue weighted by atomic mass is 10.0. The highest BCUT2D eigenvalue weighted by atomic mass is 16.5. The molecule has 0 aliphatic heterocycles. The van der Waals surface area contributed by atoms with Crippen molar-refractivity contribution in [3.8, 4) is 0 Å². The number of aliphatic hydroxyl groups is 2. The number of rotatable bonds is 45. The number of hydrogen-bond donors (Lipinski definition) is 3. The fraction of sp³-hybridized carbons (Fsp3) is 0.882. The lowest BCUT2D eigenvalue weighted by Gasteiger charge is -2.24. The van der Waals surface area contributed by atoms with Crippen LogP contribution in [0, 0.1) is 0 Å². The molecule has 336 valence electrons. The highest BCUT2D eigenvalue weighted by Gasteiger charge is 2.24. The number of allylic oxidation sites excluding steroid dienone is 4. The molecule has 57 heavy (non-hydrogen) atoms. The summed E-state index contributed by atoms with van der Waals surface area (Å²) >= 11 is 0. The van der Waals surface area contributed by atoms with Crippen LogP contribution in [0.3, 0.4) is 0 Å². The third-order valence-corrected chi connectivity index (χ3v) is 11.5. The second-order valence-electron chi connectivity index (χ2n) is 17.2. The molecule has 3 atom stereocenters. The van der Waals surface area contributed by atoms with Gasteiger partial charge in [0.25, 0.3) is 0 Å². The van der Waals surface area contributed by atoms with E-state index in [2.05, 4.69) is 44.3 Å². The molecule has 6 heteroatoms. The molecular weight excluding hydrogens is 707 g/mol. The Morgan fingerprint density at radius 2 is 0.895 bits per heavy atom. The van der Waals surface area contributed by atoms with Gasteiger partial charge in [-0.25, -0.2) is 0 Å². The average Bonchev–Trinajstić information content (AvgIpc) is 3.20. The number of unbranched alkanes of at least 4 members (excludes halogenated alkanes) is 29. The standard InChI is InChI=1S/C51H97NO5/c1-4-7-10-13-16-19-22-25-28-31-34-37-40-43-49(54)48(46-53)52-50(55)45-47(42-39-36-33-30-27-24-21-18-15-12-9-6-3)57-51(56)44-41-38-35-32-29-26-23-20-17-14-11-8-5-2/h26,29,35,38,47-49,53-54H,4-25,27-28,30-34,36-37,39-46H2,1-3H3,(H,52,55)/b29-26-,38-35+. The van der Waals surface area contributed by atoms with Gasteiger partial charge in [0, 0.05) is 6.42 Å². The van der Waals surface area contributed by atoms with E-state index in [4.69, 9.17) is 4.74 Å². The molecule has 6 nitrogen and oxygen atoms in total. The Bertz CT molecular complexity index is 904. The summed E-state index contributed by atoms with van der Waals surface area (Å²) in [5.41, 5.74) is 0. The van der Waals surface area contributed by atoms with Crippen LogP contribution in [0.15, 0.2) is 24.3 Å². The molecular formula is C51H97NO5. The van der Waals surface area contributed by atoms with Crippen LogP contribution < -0.4 is 5.32 Å². The summed E-state index contributed by atoms with van der Waals surface area (Å²) < 4.78 is 5.88. The Labute approximate surface area is 354 Å². The maximum absolute atomic E-state index is 13.2. The molecule has 0 spiro atoms. The Morgan fingerprint density at radius 1 is 0.509 bits per heavy atom. The quantitative estimate of drug-likeness (QED) is 0.0324. The van der Waals surface area contributed by atoms with Crippen molar-refractivity contribution in [1.82, 2.24) is 5.32 Å². The number of ether oxygens (including phenoxy) is 1. The maximum Gasteiger partial charge on any atom is 0.306 e. The number of carbonyl (C=O) groups excluding carboxylic acids is 2. The van der Waals surface area contributed by atoms with Crippen LogP contribution in [0.1, 0.15) is 265 Å². The molecule has 0 saturated heterocycles. The molecule has 0 heterocycles. The number of esters is 1. The molecule has 0 aromatic rings. The molecule has 0 aliphatic carbocycles. The zero-order valence-corrected chi connectivity index (χ0v) is 38.2. The average molecular weight is 804 g/mol. The van der Waals surface area contributed by atoms with Crippen molar-refractivity contribution < 1.29 is 24.5 Å². The second kappa shape index (κ2) is 45.4. The fourth-order valence-corrected chi connectivity index (χ4v) is 7.72. The van der Waals surface area contributed by atoms with Gasteiger partial charge in [-0.3, -0.25) is 9.59 Å². The van der Waals surface area contributed by atoms with E-state index in [1.54, 1.807) is 0 Å². The lowest BCUT2D eigenvalue weighted by molar-refractivity contribution is -0.150. The lowest BCUT2D eigenvalue weighted by Crippen LogP contribution is -2.46. The first kappa shape index (κ1) is 55.3. The summed E-state index contributed by atoms with van der Waals surface area (Å²) in [5.74, 6) is -0.543. The zero-order valence-electron chi connectivity index (χ0n) is 38.2. The van der Waals surface area contributed by atoms with Crippen molar-refractivity contribution in [3.63, 3.8) is 0 Å². The van der Waals surface area contributed by atoms with E-state index in [-0.39, 0.29) is 24.9 Å². The van der Waals surface area contributed by atoms with Crippen molar-refractivity contribution >= 4 is 11.9 Å². The Hall–Kier alpha value is -1.66. The van der Waals surface area contributed by atoms with Crippen molar-refractivity contribution in [3.05, 3.63) is 24.3 Å². The number of nitrogens with one attached hydrogen (secondary N) is 1. The first-order valence-electron chi connectivity index (χ1n) is 25.1. The van der Waals surface area contributed by atoms with Crippen molar-refractivity contribution in [1.29, 1.82) is 0 Å². The summed E-state index contributed by atoms with van der Waals surface area (Å²) in [6.45, 7) is 6.47. The zero-order chi connectivity index (χ0) is 41.7. The van der Waals surface area contributed by atoms with E-state index in [1.807, 2.05) is 6.08 Å². The van der Waals surface area contributed by atoms with Crippen LogP contribution >= 0.6 is 0 Å². The Morgan fingerprint density at radius 3 is 1.33 bits per heavy atom. The molecule has 0 saturated carbocycles. The van der Waals surface area contributed by atoms with Gasteiger partial charge in [-0.1, -0.05) is 231 Å². The molecule has 3 N–H and O–H groups in total. The van der Waals surface area contributed by atoms with Gasteiger partial charge in [-0.05, 0) is 44.9 Å². The third kappa shape index (κ3) is 40.9. The highest BCUT2D eigenvalue weighted by Crippen LogP contribution is 2.18. The second-order valence-corrected chi connectivity index (χ2v) is 17.2. The minimum Gasteiger partial charge on any atom is -0.462 e. The maximum atomic E-state index is 13.2. The summed E-state index contributed by atoms with van der Waals surface area (Å²) in [7, 11) is 0. The number of carbonyl (C=O) groups is 2. The molecule has 0 aromatic heterocycles. The van der Waals surface area contributed by atoms with E-state index in [0.717, 1.165) is 44.9 Å². The monoisotopic (exact) mass is 804 g/mol. The molecule has 0 aromatic carbocycles. The summed E-state index contributed by atoms with van der Waals surface area (Å²) in [4.78, 5) is 26.0. The normalized spacial score (nSPS) is 13.4. The number of hydrogen-bond acceptors (Lipinski definition) is 5. The number of aliphatic hydroxyl groups excluding tert-OH is 2. The van der Waals surface area contributed by atoms with Crippen LogP contribution in [-0.2, 0) is 14.3 Å². The minimum absolute atomic E-state index is 0.0605. The largest absolute Gasteiger partial charge is 0.462 e. The highest BCUT2D eigenvalue weighted by molar-refractivity contribution is 5.77. The van der Waals surface area contributed by atoms with E-state index < -0.39 is 18.2 Å². The van der Waals surface area contributed by atoms with Gasteiger partial charge in [0.1, 0.15) is 6.10 Å². The van der Waals surface area contributed by atoms with E-state index in [1.165, 1.54) is 167 Å². The summed E-state index contributed by atoms with van der Waals surface area (Å²) in [6, 6.07) is -0.706. The Balaban J connectivity index is 4.60. The minimum atomic E-state index is -0.791. The molecule has 0 aliphatic rings. The van der Waals surface area contributed by atoms with Gasteiger partial charge in [-0.2, -0.15) is 0 Å². The van der Waals surface area contributed by atoms with Crippen molar-refractivity contribution in [2.45, 2.75) is 283 Å². The molecule has 0 rings (SSSR count). The predicted octanol–water partition coefficient (Wildman–Crippen LogP) is 14.7. The van der Waals surface area contributed by atoms with E-state index in [0.29, 0.717) is 25.7 Å². The number of amides is 1. The molecule has 0 bridgehead atoms. The molecule has 0 radical (unpaired) electrons. The topological polar surface area (TPSA) is 95.9 Å². The van der Waals surface area contributed by atoms with Crippen LogP contribution in [0.5, 0.6) is 0 Å². The summed E-state index contributed by atoms with van der Waals surface area (Å²) in [6.07, 6.45) is 51.0. The Kier molecular flexibility index (Phi) is 44.1. The first-order chi connectivity index (χ1) is 28.0. The van der Waals surface area contributed by atoms with Crippen LogP contribution in [0.2, 0.25) is 0 Å². The fourth-order valence-electron chi connectivity index (χ4n) is 7.72. The van der Waals surface area contributed by atoms with Gasteiger partial charge in [-0.15, -0.1) is 0 Å². The molecule has 1 amide bonds. The van der Waals surface area contributed by atoms with E-state index >= 15 is 0 Å². The van der Waals surface area contributed by atoms with Crippen LogP contribution in [0.25, 0.3) is 0 Å². The van der Waals surface area contributed by atoms with Crippen LogP contribution in [-0.4, -0.2) is 46.9 Å². The van der Waals surface area contributed by atoms with Crippen molar-refractivity contribution in [2.75, 3.05) is 6.61 Å². The SMILES string of the molecule is CCCCCCCC/C=C\C/C=C/CCC(=O)OC(CCCCCCCCCCCCCC)CC(=O)NC(CO)C(O)CCCCCCCCCCCCCCC. The van der Waals surface area contributed by atoms with Gasteiger partial charge in [0.2, 0.25) is 5.91 Å². The van der Waals surface area contributed by atoms with Gasteiger partial charge >= 0.3 is 5.97 Å². The smallest absolute Gasteiger partial charge is 0.306 e. The predicted molar refractivity (Wildman–Crippen MR) is 246 cm³/mol. The van der Waals surface area contributed by atoms with Gasteiger partial charge < -0.3 is 20.3 Å². The molecule has 3 unspecified atom stereocenters. The van der Waals surface area contributed by atoms with Crippen LogP contribution in [0.4, 0.5) is 0 Å².